The highest BCUT2D eigenvalue weighted by Gasteiger charge is 2.18. The van der Waals surface area contributed by atoms with E-state index < -0.39 is 10.0 Å². The number of piperidine rings is 1. The quantitative estimate of drug-likeness (QED) is 0.764. The molecule has 28 heavy (non-hydrogen) atoms. The zero-order chi connectivity index (χ0) is 20.1. The lowest BCUT2D eigenvalue weighted by atomic mass is 10.1. The van der Waals surface area contributed by atoms with Crippen molar-refractivity contribution in [2.24, 2.45) is 0 Å². The van der Waals surface area contributed by atoms with Gasteiger partial charge in [0, 0.05) is 24.8 Å². The molecule has 1 aromatic carbocycles. The van der Waals surface area contributed by atoms with Crippen LogP contribution in [0.3, 0.4) is 0 Å². The molecule has 0 atom stereocenters. The van der Waals surface area contributed by atoms with Gasteiger partial charge >= 0.3 is 0 Å². The first-order chi connectivity index (χ1) is 13.4. The highest BCUT2D eigenvalue weighted by Crippen LogP contribution is 2.22. The minimum absolute atomic E-state index is 0.0527. The summed E-state index contributed by atoms with van der Waals surface area (Å²) in [7, 11) is -3.66. The number of hydrogen-bond donors (Lipinski definition) is 1. The van der Waals surface area contributed by atoms with E-state index in [4.69, 9.17) is 4.74 Å². The number of nitrogens with zero attached hydrogens (tertiary/aromatic N) is 3. The number of benzene rings is 1. The lowest BCUT2D eigenvalue weighted by Gasteiger charge is -2.28. The predicted octanol–water partition coefficient (Wildman–Crippen LogP) is 2.96. The molecule has 3 rings (SSSR count). The second kappa shape index (κ2) is 8.87. The smallest absolute Gasteiger partial charge is 0.240 e. The minimum atomic E-state index is -3.66. The molecule has 1 N–H and O–H groups in total. The van der Waals surface area contributed by atoms with E-state index in [0.29, 0.717) is 18.2 Å². The highest BCUT2D eigenvalue weighted by atomic mass is 32.2. The van der Waals surface area contributed by atoms with Crippen LogP contribution in [-0.2, 0) is 16.6 Å². The van der Waals surface area contributed by atoms with E-state index in [0.717, 1.165) is 43.0 Å². The second-order valence-corrected chi connectivity index (χ2v) is 8.78. The van der Waals surface area contributed by atoms with Gasteiger partial charge < -0.3 is 9.64 Å². The number of nitrogens with one attached hydrogen (secondary N) is 1. The molecule has 7 nitrogen and oxygen atoms in total. The Morgan fingerprint density at radius 2 is 1.86 bits per heavy atom. The summed E-state index contributed by atoms with van der Waals surface area (Å²) in [6.07, 6.45) is 3.55. The van der Waals surface area contributed by atoms with Gasteiger partial charge in [0.1, 0.15) is 17.4 Å². The van der Waals surface area contributed by atoms with Crippen molar-refractivity contribution >= 4 is 15.8 Å². The summed E-state index contributed by atoms with van der Waals surface area (Å²) in [6.45, 7) is 8.18. The van der Waals surface area contributed by atoms with Gasteiger partial charge in [-0.05, 0) is 63.8 Å². The Kier molecular flexibility index (Phi) is 6.51. The number of anilines is 1. The monoisotopic (exact) mass is 404 g/mol. The van der Waals surface area contributed by atoms with Crippen molar-refractivity contribution in [1.29, 1.82) is 0 Å². The summed E-state index contributed by atoms with van der Waals surface area (Å²) in [6, 6.07) is 6.81. The van der Waals surface area contributed by atoms with Crippen LogP contribution in [0, 0.1) is 13.8 Å². The molecule has 0 spiro atoms. The Hall–Kier alpha value is -2.19. The van der Waals surface area contributed by atoms with Gasteiger partial charge in [-0.3, -0.25) is 0 Å². The SMILES string of the molecule is CCOc1ccc(S(=O)(=O)NCc2nc(C)cc(N3CCCCC3)n2)cc1C. The van der Waals surface area contributed by atoms with Crippen molar-refractivity contribution in [3.8, 4) is 5.75 Å². The first kappa shape index (κ1) is 20.5. The third-order valence-electron chi connectivity index (χ3n) is 4.74. The van der Waals surface area contributed by atoms with E-state index in [-0.39, 0.29) is 11.4 Å². The number of ether oxygens (including phenoxy) is 1. The Labute approximate surface area is 167 Å². The van der Waals surface area contributed by atoms with Crippen molar-refractivity contribution < 1.29 is 13.2 Å². The highest BCUT2D eigenvalue weighted by molar-refractivity contribution is 7.89. The lowest BCUT2D eigenvalue weighted by molar-refractivity contribution is 0.337. The predicted molar refractivity (Wildman–Crippen MR) is 109 cm³/mol. The summed E-state index contributed by atoms with van der Waals surface area (Å²) in [5, 5.41) is 0. The van der Waals surface area contributed by atoms with E-state index in [1.165, 1.54) is 6.42 Å². The van der Waals surface area contributed by atoms with Crippen molar-refractivity contribution in [1.82, 2.24) is 14.7 Å². The molecule has 0 saturated carbocycles. The van der Waals surface area contributed by atoms with Gasteiger partial charge in [-0.25, -0.2) is 23.1 Å². The minimum Gasteiger partial charge on any atom is -0.494 e. The Balaban J connectivity index is 1.73. The number of sulfonamides is 1. The van der Waals surface area contributed by atoms with Gasteiger partial charge in [-0.15, -0.1) is 0 Å². The van der Waals surface area contributed by atoms with Crippen molar-refractivity contribution in [2.75, 3.05) is 24.6 Å². The van der Waals surface area contributed by atoms with Gasteiger partial charge in [0.2, 0.25) is 10.0 Å². The van der Waals surface area contributed by atoms with Gasteiger partial charge in [0.05, 0.1) is 18.0 Å². The molecule has 152 valence electrons. The molecule has 1 aliphatic heterocycles. The van der Waals surface area contributed by atoms with Crippen LogP contribution in [0.2, 0.25) is 0 Å². The summed E-state index contributed by atoms with van der Waals surface area (Å²) >= 11 is 0. The van der Waals surface area contributed by atoms with Gasteiger partial charge in [-0.1, -0.05) is 0 Å². The molecule has 2 heterocycles. The first-order valence-corrected chi connectivity index (χ1v) is 11.2. The molecule has 0 radical (unpaired) electrons. The van der Waals surface area contributed by atoms with Gasteiger partial charge in [0.25, 0.3) is 0 Å². The standard InChI is InChI=1S/C20H28N4O3S/c1-4-27-18-9-8-17(12-15(18)2)28(25,26)21-14-19-22-16(3)13-20(23-19)24-10-6-5-7-11-24/h8-9,12-13,21H,4-7,10-11,14H2,1-3H3. The number of aryl methyl sites for hydroxylation is 2. The van der Waals surface area contributed by atoms with Crippen molar-refractivity contribution in [3.63, 3.8) is 0 Å². The fourth-order valence-electron chi connectivity index (χ4n) is 3.33. The Morgan fingerprint density at radius 3 is 2.54 bits per heavy atom. The topological polar surface area (TPSA) is 84.4 Å². The molecule has 0 amide bonds. The van der Waals surface area contributed by atoms with E-state index in [1.807, 2.05) is 26.8 Å². The van der Waals surface area contributed by atoms with E-state index in [1.54, 1.807) is 18.2 Å². The van der Waals surface area contributed by atoms with Crippen LogP contribution in [0.1, 0.15) is 43.3 Å². The van der Waals surface area contributed by atoms with Crippen LogP contribution in [0.25, 0.3) is 0 Å². The summed E-state index contributed by atoms with van der Waals surface area (Å²) < 4.78 is 33.5. The zero-order valence-electron chi connectivity index (χ0n) is 16.7. The number of hydrogen-bond acceptors (Lipinski definition) is 6. The normalized spacial score (nSPS) is 14.9. The van der Waals surface area contributed by atoms with Gasteiger partial charge in [-0.2, -0.15) is 0 Å². The third-order valence-corrected chi connectivity index (χ3v) is 6.14. The molecule has 0 aliphatic carbocycles. The molecule has 0 bridgehead atoms. The van der Waals surface area contributed by atoms with Crippen LogP contribution < -0.4 is 14.4 Å². The summed E-state index contributed by atoms with van der Waals surface area (Å²) in [4.78, 5) is 11.4. The first-order valence-electron chi connectivity index (χ1n) is 9.71. The van der Waals surface area contributed by atoms with E-state index in [9.17, 15) is 8.42 Å². The van der Waals surface area contributed by atoms with Crippen molar-refractivity contribution in [2.45, 2.75) is 51.5 Å². The average molecular weight is 405 g/mol. The van der Waals surface area contributed by atoms with E-state index in [2.05, 4.69) is 19.6 Å². The van der Waals surface area contributed by atoms with Crippen LogP contribution in [-0.4, -0.2) is 38.1 Å². The molecular weight excluding hydrogens is 376 g/mol. The zero-order valence-corrected chi connectivity index (χ0v) is 17.6. The fourth-order valence-corrected chi connectivity index (χ4v) is 4.39. The molecule has 0 unspecified atom stereocenters. The van der Waals surface area contributed by atoms with Crippen LogP contribution in [0.15, 0.2) is 29.2 Å². The molecule has 1 aliphatic rings. The molecular formula is C20H28N4O3S. The Morgan fingerprint density at radius 1 is 1.11 bits per heavy atom. The summed E-state index contributed by atoms with van der Waals surface area (Å²) in [5.41, 5.74) is 1.62. The van der Waals surface area contributed by atoms with Crippen LogP contribution >= 0.6 is 0 Å². The van der Waals surface area contributed by atoms with Gasteiger partial charge in [0.15, 0.2) is 0 Å². The number of aromatic nitrogens is 2. The molecule has 1 aromatic heterocycles. The molecule has 8 heteroatoms. The maximum Gasteiger partial charge on any atom is 0.240 e. The lowest BCUT2D eigenvalue weighted by Crippen LogP contribution is -2.31. The average Bonchev–Trinajstić information content (AvgIpc) is 2.68. The molecule has 2 aromatic rings. The Bertz CT molecular complexity index is 925. The van der Waals surface area contributed by atoms with Crippen LogP contribution in [0.5, 0.6) is 5.75 Å². The van der Waals surface area contributed by atoms with Crippen molar-refractivity contribution in [3.05, 3.63) is 41.3 Å². The maximum atomic E-state index is 12.7. The maximum absolute atomic E-state index is 12.7. The van der Waals surface area contributed by atoms with E-state index >= 15 is 0 Å². The fraction of sp³-hybridized carbons (Fsp3) is 0.500. The number of rotatable bonds is 7. The van der Waals surface area contributed by atoms with Crippen LogP contribution in [0.4, 0.5) is 5.82 Å². The largest absolute Gasteiger partial charge is 0.494 e. The molecule has 1 fully saturated rings. The third kappa shape index (κ3) is 4.99. The summed E-state index contributed by atoms with van der Waals surface area (Å²) in [5.74, 6) is 2.04. The second-order valence-electron chi connectivity index (χ2n) is 7.02. The molecule has 1 saturated heterocycles.